The Labute approximate surface area is 138 Å². The van der Waals surface area contributed by atoms with Crippen LogP contribution >= 0.6 is 0 Å². The van der Waals surface area contributed by atoms with Crippen LogP contribution in [-0.4, -0.2) is 49.4 Å². The van der Waals surface area contributed by atoms with Crippen LogP contribution in [-0.2, 0) is 9.59 Å². The quantitative estimate of drug-likeness (QED) is 0.842. The molecular weight excluding hydrogens is 290 g/mol. The fraction of sp³-hybridized carbons (Fsp3) is 0.556. The lowest BCUT2D eigenvalue weighted by atomic mass is 10.1. The second kappa shape index (κ2) is 7.59. The van der Waals surface area contributed by atoms with Crippen molar-refractivity contribution in [1.82, 2.24) is 4.90 Å². The van der Waals surface area contributed by atoms with Gasteiger partial charge in [-0.15, -0.1) is 0 Å². The van der Waals surface area contributed by atoms with Gasteiger partial charge in [0.25, 0.3) is 11.8 Å². The molecule has 1 unspecified atom stereocenters. The number of carbonyl (C=O) groups excluding carboxylic acids is 2. The van der Waals surface area contributed by atoms with Crippen LogP contribution in [0.5, 0.6) is 0 Å². The zero-order chi connectivity index (χ0) is 17.0. The van der Waals surface area contributed by atoms with Crippen LogP contribution in [0.15, 0.2) is 18.2 Å². The van der Waals surface area contributed by atoms with E-state index in [0.29, 0.717) is 0 Å². The highest BCUT2D eigenvalue weighted by Gasteiger charge is 2.29. The van der Waals surface area contributed by atoms with Gasteiger partial charge in [-0.3, -0.25) is 9.59 Å². The van der Waals surface area contributed by atoms with Crippen molar-refractivity contribution in [1.29, 1.82) is 0 Å². The molecule has 1 aliphatic heterocycles. The number of carbonyl (C=O) groups is 2. The first-order chi connectivity index (χ1) is 10.9. The third kappa shape index (κ3) is 4.55. The standard InChI is InChI=1S/C18H27N3O2/c1-13-7-8-14(2)16(11-13)19-17(22)12-20(4)15(3)18(23)21-9-5-6-10-21/h7-8,11,15H,5-6,9-10,12H2,1-4H3,(H,19,22)/p+1/t15-/m1/s1. The summed E-state index contributed by atoms with van der Waals surface area (Å²) < 4.78 is 0. The Morgan fingerprint density at radius 2 is 1.91 bits per heavy atom. The molecule has 1 fully saturated rings. The molecule has 2 N–H and O–H groups in total. The number of benzene rings is 1. The van der Waals surface area contributed by atoms with Crippen molar-refractivity contribution in [3.63, 3.8) is 0 Å². The van der Waals surface area contributed by atoms with Gasteiger partial charge in [0.1, 0.15) is 0 Å². The largest absolute Gasteiger partial charge is 0.338 e. The molecule has 2 amide bonds. The van der Waals surface area contributed by atoms with E-state index in [1.54, 1.807) is 0 Å². The van der Waals surface area contributed by atoms with Gasteiger partial charge in [-0.2, -0.15) is 0 Å². The number of nitrogens with one attached hydrogen (secondary N) is 2. The molecule has 1 aromatic carbocycles. The zero-order valence-corrected chi connectivity index (χ0v) is 14.6. The number of likely N-dealkylation sites (N-methyl/N-ethyl adjacent to an activating group) is 1. The molecule has 2 atom stereocenters. The molecule has 5 heteroatoms. The smallest absolute Gasteiger partial charge is 0.280 e. The number of rotatable bonds is 5. The first-order valence-corrected chi connectivity index (χ1v) is 8.36. The molecule has 1 saturated heterocycles. The summed E-state index contributed by atoms with van der Waals surface area (Å²) in [7, 11) is 1.90. The molecule has 0 spiro atoms. The van der Waals surface area contributed by atoms with Crippen molar-refractivity contribution in [2.75, 3.05) is 32.0 Å². The molecular formula is C18H28N3O2+. The van der Waals surface area contributed by atoms with E-state index >= 15 is 0 Å². The Balaban J connectivity index is 1.91. The highest BCUT2D eigenvalue weighted by Crippen LogP contribution is 2.15. The number of quaternary nitrogens is 1. The van der Waals surface area contributed by atoms with Gasteiger partial charge >= 0.3 is 0 Å². The molecule has 23 heavy (non-hydrogen) atoms. The molecule has 0 bridgehead atoms. The fourth-order valence-electron chi connectivity index (χ4n) is 2.89. The van der Waals surface area contributed by atoms with Crippen molar-refractivity contribution in [3.05, 3.63) is 29.3 Å². The van der Waals surface area contributed by atoms with E-state index in [-0.39, 0.29) is 24.4 Å². The van der Waals surface area contributed by atoms with Crippen molar-refractivity contribution >= 4 is 17.5 Å². The lowest BCUT2D eigenvalue weighted by molar-refractivity contribution is -0.886. The van der Waals surface area contributed by atoms with E-state index in [9.17, 15) is 9.59 Å². The Morgan fingerprint density at radius 3 is 2.57 bits per heavy atom. The summed E-state index contributed by atoms with van der Waals surface area (Å²) in [6, 6.07) is 5.80. The highest BCUT2D eigenvalue weighted by molar-refractivity contribution is 5.92. The normalized spacial score (nSPS) is 17.0. The summed E-state index contributed by atoms with van der Waals surface area (Å²) in [5, 5.41) is 2.96. The van der Waals surface area contributed by atoms with Gasteiger partial charge in [-0.1, -0.05) is 12.1 Å². The zero-order valence-electron chi connectivity index (χ0n) is 14.6. The average molecular weight is 318 g/mol. The number of amides is 2. The van der Waals surface area contributed by atoms with Gasteiger partial charge in [-0.05, 0) is 50.8 Å². The predicted octanol–water partition coefficient (Wildman–Crippen LogP) is 0.768. The molecule has 5 nitrogen and oxygen atoms in total. The molecule has 0 aliphatic carbocycles. The third-order valence-corrected chi connectivity index (χ3v) is 4.63. The maximum atomic E-state index is 12.4. The second-order valence-corrected chi connectivity index (χ2v) is 6.64. The summed E-state index contributed by atoms with van der Waals surface area (Å²) >= 11 is 0. The lowest BCUT2D eigenvalue weighted by Gasteiger charge is -2.25. The summed E-state index contributed by atoms with van der Waals surface area (Å²) in [5.74, 6) is 0.0943. The van der Waals surface area contributed by atoms with Gasteiger partial charge in [0.15, 0.2) is 12.6 Å². The van der Waals surface area contributed by atoms with Crippen molar-refractivity contribution < 1.29 is 14.5 Å². The van der Waals surface area contributed by atoms with Gasteiger partial charge < -0.3 is 15.1 Å². The molecule has 126 valence electrons. The maximum Gasteiger partial charge on any atom is 0.280 e. The first kappa shape index (κ1) is 17.5. The third-order valence-electron chi connectivity index (χ3n) is 4.63. The monoisotopic (exact) mass is 318 g/mol. The van der Waals surface area contributed by atoms with E-state index in [0.717, 1.165) is 47.6 Å². The van der Waals surface area contributed by atoms with Crippen LogP contribution in [0.1, 0.15) is 30.9 Å². The molecule has 0 saturated carbocycles. The van der Waals surface area contributed by atoms with Crippen LogP contribution in [0.4, 0.5) is 5.69 Å². The van der Waals surface area contributed by atoms with Crippen molar-refractivity contribution in [2.45, 2.75) is 39.7 Å². The van der Waals surface area contributed by atoms with Crippen LogP contribution in [0.3, 0.4) is 0 Å². The van der Waals surface area contributed by atoms with Gasteiger partial charge in [-0.25, -0.2) is 0 Å². The SMILES string of the molecule is Cc1ccc(C)c(NC(=O)C[NH+](C)[C@H](C)C(=O)N2CCCC2)c1. The van der Waals surface area contributed by atoms with E-state index in [1.165, 1.54) is 0 Å². The van der Waals surface area contributed by atoms with Crippen LogP contribution in [0.25, 0.3) is 0 Å². The minimum atomic E-state index is -0.197. The predicted molar refractivity (Wildman–Crippen MR) is 91.6 cm³/mol. The number of hydrogen-bond donors (Lipinski definition) is 2. The summed E-state index contributed by atoms with van der Waals surface area (Å²) in [5.41, 5.74) is 3.01. The second-order valence-electron chi connectivity index (χ2n) is 6.64. The number of anilines is 1. The summed E-state index contributed by atoms with van der Waals surface area (Å²) in [6.45, 7) is 7.87. The Hall–Kier alpha value is -1.88. The van der Waals surface area contributed by atoms with E-state index in [2.05, 4.69) is 5.32 Å². The molecule has 1 heterocycles. The summed E-state index contributed by atoms with van der Waals surface area (Å²) in [6.07, 6.45) is 2.18. The Morgan fingerprint density at radius 1 is 1.26 bits per heavy atom. The van der Waals surface area contributed by atoms with Crippen molar-refractivity contribution in [2.24, 2.45) is 0 Å². The number of aryl methyl sites for hydroxylation is 2. The van der Waals surface area contributed by atoms with Crippen molar-refractivity contribution in [3.8, 4) is 0 Å². The van der Waals surface area contributed by atoms with Crippen LogP contribution in [0.2, 0.25) is 0 Å². The number of likely N-dealkylation sites (tertiary alicyclic amines) is 1. The molecule has 0 aromatic heterocycles. The molecule has 1 aromatic rings. The summed E-state index contributed by atoms with van der Waals surface area (Å²) in [4.78, 5) is 27.5. The fourth-order valence-corrected chi connectivity index (χ4v) is 2.89. The van der Waals surface area contributed by atoms with Crippen LogP contribution in [0, 0.1) is 13.8 Å². The number of hydrogen-bond acceptors (Lipinski definition) is 2. The highest BCUT2D eigenvalue weighted by atomic mass is 16.2. The topological polar surface area (TPSA) is 53.9 Å². The van der Waals surface area contributed by atoms with E-state index in [1.807, 2.05) is 50.9 Å². The minimum absolute atomic E-state index is 0.0581. The molecule has 1 aliphatic rings. The van der Waals surface area contributed by atoms with E-state index < -0.39 is 0 Å². The van der Waals surface area contributed by atoms with E-state index in [4.69, 9.17) is 0 Å². The van der Waals surface area contributed by atoms with Gasteiger partial charge in [0.05, 0.1) is 7.05 Å². The number of nitrogens with zero attached hydrogens (tertiary/aromatic N) is 1. The Bertz CT molecular complexity index is 580. The minimum Gasteiger partial charge on any atom is -0.338 e. The Kier molecular flexibility index (Phi) is 5.77. The maximum absolute atomic E-state index is 12.4. The molecule has 0 radical (unpaired) electrons. The van der Waals surface area contributed by atoms with Gasteiger partial charge in [0, 0.05) is 18.8 Å². The molecule has 2 rings (SSSR count). The lowest BCUT2D eigenvalue weighted by Crippen LogP contribution is -3.15. The first-order valence-electron chi connectivity index (χ1n) is 8.36. The van der Waals surface area contributed by atoms with Gasteiger partial charge in [0.2, 0.25) is 0 Å². The van der Waals surface area contributed by atoms with Crippen LogP contribution < -0.4 is 10.2 Å². The average Bonchev–Trinajstić information content (AvgIpc) is 3.03.